The smallest absolute Gasteiger partial charge is 0.219 e. The van der Waals surface area contributed by atoms with Crippen molar-refractivity contribution in [2.75, 3.05) is 25.5 Å². The molecule has 0 saturated carbocycles. The van der Waals surface area contributed by atoms with Gasteiger partial charge in [0.25, 0.3) is 0 Å². The van der Waals surface area contributed by atoms with Gasteiger partial charge in [0.05, 0.1) is 17.9 Å². The van der Waals surface area contributed by atoms with Gasteiger partial charge in [-0.05, 0) is 6.07 Å². The van der Waals surface area contributed by atoms with E-state index in [-0.39, 0.29) is 11.9 Å². The monoisotopic (exact) mass is 323 g/mol. The number of anilines is 1. The number of aromatic nitrogens is 5. The SMILES string of the molecule is CNc1cc(-c2cnc3c(cnn3C3CN(C(C)=O)C3)c2)ncn1. The number of nitrogens with one attached hydrogen (secondary N) is 1. The Balaban J connectivity index is 1.64. The first kappa shape index (κ1) is 14.6. The molecule has 0 bridgehead atoms. The maximum absolute atomic E-state index is 11.3. The number of fused-ring (bicyclic) bond motifs is 1. The number of rotatable bonds is 3. The van der Waals surface area contributed by atoms with E-state index in [2.05, 4.69) is 25.4 Å². The van der Waals surface area contributed by atoms with Crippen LogP contribution in [0, 0.1) is 0 Å². The number of carbonyl (C=O) groups excluding carboxylic acids is 1. The summed E-state index contributed by atoms with van der Waals surface area (Å²) in [5.74, 6) is 0.858. The van der Waals surface area contributed by atoms with E-state index in [1.165, 1.54) is 6.33 Å². The van der Waals surface area contributed by atoms with Gasteiger partial charge in [0.15, 0.2) is 5.65 Å². The third kappa shape index (κ3) is 2.36. The fourth-order valence-electron chi connectivity index (χ4n) is 2.87. The highest BCUT2D eigenvalue weighted by Crippen LogP contribution is 2.27. The second-order valence-electron chi connectivity index (χ2n) is 5.84. The summed E-state index contributed by atoms with van der Waals surface area (Å²) in [6, 6.07) is 4.10. The minimum Gasteiger partial charge on any atom is -0.373 e. The highest BCUT2D eigenvalue weighted by molar-refractivity contribution is 5.80. The summed E-state index contributed by atoms with van der Waals surface area (Å²) in [5.41, 5.74) is 2.55. The number of pyridine rings is 1. The van der Waals surface area contributed by atoms with E-state index in [1.54, 1.807) is 18.0 Å². The van der Waals surface area contributed by atoms with Crippen LogP contribution in [0.3, 0.4) is 0 Å². The predicted molar refractivity (Wildman–Crippen MR) is 89.4 cm³/mol. The predicted octanol–water partition coefficient (Wildman–Crippen LogP) is 1.33. The molecule has 0 spiro atoms. The molecule has 1 amide bonds. The number of hydrogen-bond donors (Lipinski definition) is 1. The Hall–Kier alpha value is -3.03. The molecule has 0 aliphatic carbocycles. The van der Waals surface area contributed by atoms with E-state index in [4.69, 9.17) is 0 Å². The summed E-state index contributed by atoms with van der Waals surface area (Å²) in [6.07, 6.45) is 5.13. The van der Waals surface area contributed by atoms with Crippen molar-refractivity contribution in [3.8, 4) is 11.3 Å². The summed E-state index contributed by atoms with van der Waals surface area (Å²) < 4.78 is 1.90. The topological polar surface area (TPSA) is 88.8 Å². The van der Waals surface area contributed by atoms with Crippen LogP contribution < -0.4 is 5.32 Å². The molecule has 0 radical (unpaired) electrons. The van der Waals surface area contributed by atoms with Gasteiger partial charge in [-0.3, -0.25) is 4.79 Å². The van der Waals surface area contributed by atoms with Crippen molar-refractivity contribution in [3.63, 3.8) is 0 Å². The van der Waals surface area contributed by atoms with Crippen LogP contribution in [0.1, 0.15) is 13.0 Å². The quantitative estimate of drug-likeness (QED) is 0.782. The van der Waals surface area contributed by atoms with Gasteiger partial charge >= 0.3 is 0 Å². The van der Waals surface area contributed by atoms with Crippen molar-refractivity contribution in [1.29, 1.82) is 0 Å². The maximum Gasteiger partial charge on any atom is 0.219 e. The highest BCUT2D eigenvalue weighted by atomic mass is 16.2. The molecule has 4 rings (SSSR count). The molecule has 1 aliphatic heterocycles. The molecule has 8 heteroatoms. The summed E-state index contributed by atoms with van der Waals surface area (Å²) in [7, 11) is 1.82. The molecule has 0 unspecified atom stereocenters. The van der Waals surface area contributed by atoms with Crippen LogP contribution in [0.15, 0.2) is 30.9 Å². The average molecular weight is 323 g/mol. The normalized spacial score (nSPS) is 14.7. The van der Waals surface area contributed by atoms with E-state index in [1.807, 2.05) is 30.1 Å². The zero-order chi connectivity index (χ0) is 16.7. The molecule has 0 atom stereocenters. The van der Waals surface area contributed by atoms with Crippen LogP contribution in [-0.2, 0) is 4.79 Å². The molecule has 1 N–H and O–H groups in total. The number of likely N-dealkylation sites (tertiary alicyclic amines) is 1. The number of amides is 1. The zero-order valence-electron chi connectivity index (χ0n) is 13.5. The summed E-state index contributed by atoms with van der Waals surface area (Å²) in [6.45, 7) is 2.96. The third-order valence-electron chi connectivity index (χ3n) is 4.31. The van der Waals surface area contributed by atoms with Gasteiger partial charge in [0.1, 0.15) is 12.1 Å². The molecular weight excluding hydrogens is 306 g/mol. The van der Waals surface area contributed by atoms with Gasteiger partial charge in [-0.2, -0.15) is 5.10 Å². The van der Waals surface area contributed by atoms with Crippen LogP contribution in [0.5, 0.6) is 0 Å². The van der Waals surface area contributed by atoms with Crippen molar-refractivity contribution >= 4 is 22.8 Å². The van der Waals surface area contributed by atoms with Crippen molar-refractivity contribution in [1.82, 2.24) is 29.6 Å². The first-order chi connectivity index (χ1) is 11.7. The molecule has 3 aromatic heterocycles. The zero-order valence-corrected chi connectivity index (χ0v) is 13.5. The van der Waals surface area contributed by atoms with Gasteiger partial charge in [-0.25, -0.2) is 19.6 Å². The van der Waals surface area contributed by atoms with E-state index in [9.17, 15) is 4.79 Å². The van der Waals surface area contributed by atoms with Gasteiger partial charge in [-0.15, -0.1) is 0 Å². The molecule has 1 saturated heterocycles. The van der Waals surface area contributed by atoms with Gasteiger partial charge < -0.3 is 10.2 Å². The van der Waals surface area contributed by atoms with E-state index >= 15 is 0 Å². The Kier molecular flexibility index (Phi) is 3.37. The average Bonchev–Trinajstić information content (AvgIpc) is 2.96. The minimum absolute atomic E-state index is 0.0991. The second kappa shape index (κ2) is 5.55. The molecule has 1 aliphatic rings. The third-order valence-corrected chi connectivity index (χ3v) is 4.31. The van der Waals surface area contributed by atoms with Crippen LogP contribution >= 0.6 is 0 Å². The van der Waals surface area contributed by atoms with Crippen molar-refractivity contribution in [2.45, 2.75) is 13.0 Å². The summed E-state index contributed by atoms with van der Waals surface area (Å²) in [4.78, 5) is 26.1. The molecule has 1 fully saturated rings. The molecule has 3 aromatic rings. The standard InChI is InChI=1S/C16H17N7O/c1-10(24)22-7-13(8-22)23-16-12(6-21-23)3-11(5-18-16)14-4-15(17-2)20-9-19-14/h3-6,9,13H,7-8H2,1-2H3,(H,17,19,20). The molecule has 0 aromatic carbocycles. The van der Waals surface area contributed by atoms with Gasteiger partial charge in [0.2, 0.25) is 5.91 Å². The molecular formula is C16H17N7O. The van der Waals surface area contributed by atoms with Crippen LogP contribution in [0.2, 0.25) is 0 Å². The van der Waals surface area contributed by atoms with Gasteiger partial charge in [0, 0.05) is 50.3 Å². The number of carbonyl (C=O) groups is 1. The van der Waals surface area contributed by atoms with Crippen molar-refractivity contribution in [2.24, 2.45) is 0 Å². The first-order valence-corrected chi connectivity index (χ1v) is 7.74. The lowest BCUT2D eigenvalue weighted by molar-refractivity contribution is -0.134. The number of nitrogens with zero attached hydrogens (tertiary/aromatic N) is 6. The lowest BCUT2D eigenvalue weighted by Gasteiger charge is -2.38. The Labute approximate surface area is 138 Å². The highest BCUT2D eigenvalue weighted by Gasteiger charge is 2.31. The van der Waals surface area contributed by atoms with Crippen molar-refractivity contribution < 1.29 is 4.79 Å². The lowest BCUT2D eigenvalue weighted by Crippen LogP contribution is -2.50. The number of hydrogen-bond acceptors (Lipinski definition) is 6. The Morgan fingerprint density at radius 2 is 2.04 bits per heavy atom. The van der Waals surface area contributed by atoms with Gasteiger partial charge in [-0.1, -0.05) is 0 Å². The van der Waals surface area contributed by atoms with E-state index in [0.717, 1.165) is 28.1 Å². The molecule has 4 heterocycles. The van der Waals surface area contributed by atoms with Crippen LogP contribution in [0.25, 0.3) is 22.3 Å². The second-order valence-corrected chi connectivity index (χ2v) is 5.84. The summed E-state index contributed by atoms with van der Waals surface area (Å²) in [5, 5.41) is 8.41. The molecule has 8 nitrogen and oxygen atoms in total. The Morgan fingerprint density at radius 3 is 2.79 bits per heavy atom. The van der Waals surface area contributed by atoms with Crippen molar-refractivity contribution in [3.05, 3.63) is 30.9 Å². The maximum atomic E-state index is 11.3. The van der Waals surface area contributed by atoms with E-state index in [0.29, 0.717) is 13.1 Å². The Bertz CT molecular complexity index is 914. The summed E-state index contributed by atoms with van der Waals surface area (Å²) >= 11 is 0. The fraction of sp³-hybridized carbons (Fsp3) is 0.312. The van der Waals surface area contributed by atoms with E-state index < -0.39 is 0 Å². The minimum atomic E-state index is 0.0991. The van der Waals surface area contributed by atoms with Crippen LogP contribution in [-0.4, -0.2) is 55.7 Å². The molecule has 122 valence electrons. The molecule has 24 heavy (non-hydrogen) atoms. The largest absolute Gasteiger partial charge is 0.373 e. The Morgan fingerprint density at radius 1 is 1.21 bits per heavy atom. The first-order valence-electron chi connectivity index (χ1n) is 7.74. The fourth-order valence-corrected chi connectivity index (χ4v) is 2.87. The lowest BCUT2D eigenvalue weighted by atomic mass is 10.1. The van der Waals surface area contributed by atoms with Crippen LogP contribution in [0.4, 0.5) is 5.82 Å².